The van der Waals surface area contributed by atoms with Crippen LogP contribution in [0.3, 0.4) is 0 Å². The highest BCUT2D eigenvalue weighted by molar-refractivity contribution is 5.93. The predicted octanol–water partition coefficient (Wildman–Crippen LogP) is 3.43. The first-order valence-corrected chi connectivity index (χ1v) is 6.56. The van der Waals surface area contributed by atoms with Gasteiger partial charge in [-0.3, -0.25) is 0 Å². The van der Waals surface area contributed by atoms with Crippen LogP contribution in [0.1, 0.15) is 38.1 Å². The Bertz CT molecular complexity index is 469. The average Bonchev–Trinajstić information content (AvgIpc) is 2.36. The van der Waals surface area contributed by atoms with Crippen molar-refractivity contribution >= 4 is 5.97 Å². The maximum Gasteiger partial charge on any atom is 0.341 e. The van der Waals surface area contributed by atoms with Crippen molar-refractivity contribution in [2.24, 2.45) is 5.92 Å². The summed E-state index contributed by atoms with van der Waals surface area (Å²) in [6.07, 6.45) is -0.176. The molecule has 4 nitrogen and oxygen atoms in total. The van der Waals surface area contributed by atoms with Gasteiger partial charge in [0.15, 0.2) is 11.5 Å². The average molecular weight is 284 g/mol. The van der Waals surface area contributed by atoms with Gasteiger partial charge in [-0.05, 0) is 25.8 Å². The van der Waals surface area contributed by atoms with Crippen LogP contribution in [0.15, 0.2) is 12.1 Å². The Balaban J connectivity index is 3.24. The smallest absolute Gasteiger partial charge is 0.341 e. The normalized spacial score (nSPS) is 10.8. The van der Waals surface area contributed by atoms with Crippen LogP contribution >= 0.6 is 0 Å². The molecule has 0 aliphatic carbocycles. The van der Waals surface area contributed by atoms with E-state index in [0.29, 0.717) is 6.61 Å². The molecule has 0 unspecified atom stereocenters. The summed E-state index contributed by atoms with van der Waals surface area (Å²) in [6, 6.07) is 2.30. The highest BCUT2D eigenvalue weighted by Crippen LogP contribution is 2.34. The Morgan fingerprint density at radius 1 is 1.25 bits per heavy atom. The SMILES string of the molecule is COC(=O)c1cc(F)cc(OCC(C)C)c1OC(C)C. The van der Waals surface area contributed by atoms with E-state index in [0.717, 1.165) is 6.07 Å². The number of methoxy groups -OCH3 is 1. The number of ether oxygens (including phenoxy) is 3. The molecule has 1 rings (SSSR count). The van der Waals surface area contributed by atoms with Crippen LogP contribution in [0, 0.1) is 11.7 Å². The molecule has 0 aromatic heterocycles. The molecule has 0 radical (unpaired) electrons. The minimum Gasteiger partial charge on any atom is -0.489 e. The molecule has 0 aliphatic heterocycles. The van der Waals surface area contributed by atoms with Gasteiger partial charge in [-0.15, -0.1) is 0 Å². The first-order valence-electron chi connectivity index (χ1n) is 6.56. The quantitative estimate of drug-likeness (QED) is 0.751. The third-order valence-corrected chi connectivity index (χ3v) is 2.35. The number of hydrogen-bond donors (Lipinski definition) is 0. The molecule has 0 spiro atoms. The topological polar surface area (TPSA) is 44.8 Å². The lowest BCUT2D eigenvalue weighted by Gasteiger charge is -2.18. The molecule has 1 aromatic carbocycles. The summed E-state index contributed by atoms with van der Waals surface area (Å²) >= 11 is 0. The number of hydrogen-bond acceptors (Lipinski definition) is 4. The zero-order valence-electron chi connectivity index (χ0n) is 12.5. The molecule has 1 aromatic rings. The van der Waals surface area contributed by atoms with E-state index >= 15 is 0 Å². The molecular formula is C15H21FO4. The van der Waals surface area contributed by atoms with Crippen molar-refractivity contribution in [1.82, 2.24) is 0 Å². The van der Waals surface area contributed by atoms with Crippen LogP contribution in [0.2, 0.25) is 0 Å². The minimum absolute atomic E-state index is 0.0277. The third kappa shape index (κ3) is 4.40. The number of halogens is 1. The molecule has 0 heterocycles. The summed E-state index contributed by atoms with van der Waals surface area (Å²) in [5, 5.41) is 0. The van der Waals surface area contributed by atoms with E-state index in [9.17, 15) is 9.18 Å². The number of rotatable bonds is 6. The molecule has 0 N–H and O–H groups in total. The van der Waals surface area contributed by atoms with Crippen LogP contribution in [-0.2, 0) is 4.74 Å². The molecule has 0 atom stereocenters. The van der Waals surface area contributed by atoms with Crippen molar-refractivity contribution in [3.8, 4) is 11.5 Å². The minimum atomic E-state index is -0.658. The van der Waals surface area contributed by atoms with E-state index in [1.807, 2.05) is 27.7 Å². The van der Waals surface area contributed by atoms with E-state index < -0.39 is 11.8 Å². The van der Waals surface area contributed by atoms with Gasteiger partial charge in [-0.1, -0.05) is 13.8 Å². The summed E-state index contributed by atoms with van der Waals surface area (Å²) < 4.78 is 29.4. The number of esters is 1. The predicted molar refractivity (Wildman–Crippen MR) is 73.8 cm³/mol. The second-order valence-corrected chi connectivity index (χ2v) is 5.14. The van der Waals surface area contributed by atoms with Gasteiger partial charge >= 0.3 is 5.97 Å². The highest BCUT2D eigenvalue weighted by atomic mass is 19.1. The Morgan fingerprint density at radius 3 is 2.40 bits per heavy atom. The van der Waals surface area contributed by atoms with Crippen LogP contribution in [0.5, 0.6) is 11.5 Å². The fraction of sp³-hybridized carbons (Fsp3) is 0.533. The van der Waals surface area contributed by atoms with E-state index in [-0.39, 0.29) is 29.1 Å². The lowest BCUT2D eigenvalue weighted by atomic mass is 10.1. The summed E-state index contributed by atoms with van der Waals surface area (Å²) in [6.45, 7) is 7.98. The molecule has 0 amide bonds. The molecule has 0 saturated carbocycles. The van der Waals surface area contributed by atoms with Crippen molar-refractivity contribution in [3.63, 3.8) is 0 Å². The van der Waals surface area contributed by atoms with Crippen molar-refractivity contribution in [2.75, 3.05) is 13.7 Å². The maximum atomic E-state index is 13.6. The van der Waals surface area contributed by atoms with Crippen molar-refractivity contribution < 1.29 is 23.4 Å². The van der Waals surface area contributed by atoms with Gasteiger partial charge in [-0.2, -0.15) is 0 Å². The van der Waals surface area contributed by atoms with Crippen LogP contribution in [0.25, 0.3) is 0 Å². The zero-order valence-corrected chi connectivity index (χ0v) is 12.5. The van der Waals surface area contributed by atoms with E-state index in [2.05, 4.69) is 4.74 Å². The van der Waals surface area contributed by atoms with Crippen molar-refractivity contribution in [1.29, 1.82) is 0 Å². The largest absolute Gasteiger partial charge is 0.489 e. The zero-order chi connectivity index (χ0) is 15.3. The van der Waals surface area contributed by atoms with Gasteiger partial charge in [0, 0.05) is 6.07 Å². The monoisotopic (exact) mass is 284 g/mol. The number of carbonyl (C=O) groups is 1. The van der Waals surface area contributed by atoms with Crippen LogP contribution in [0.4, 0.5) is 4.39 Å². The van der Waals surface area contributed by atoms with Crippen molar-refractivity contribution in [2.45, 2.75) is 33.8 Å². The maximum absolute atomic E-state index is 13.6. The standard InChI is InChI=1S/C15H21FO4/c1-9(2)8-19-13-7-11(16)6-12(15(17)18-5)14(13)20-10(3)4/h6-7,9-10H,8H2,1-5H3. The highest BCUT2D eigenvalue weighted by Gasteiger charge is 2.21. The van der Waals surface area contributed by atoms with Gasteiger partial charge in [0.2, 0.25) is 0 Å². The molecule has 0 bridgehead atoms. The second-order valence-electron chi connectivity index (χ2n) is 5.14. The molecule has 0 aliphatic rings. The van der Waals surface area contributed by atoms with E-state index in [1.54, 1.807) is 0 Å². The van der Waals surface area contributed by atoms with Crippen molar-refractivity contribution in [3.05, 3.63) is 23.5 Å². The number of benzene rings is 1. The molecule has 5 heteroatoms. The summed E-state index contributed by atoms with van der Waals surface area (Å²) in [5.74, 6) is -0.525. The molecule has 112 valence electrons. The Hall–Kier alpha value is -1.78. The fourth-order valence-electron chi connectivity index (χ4n) is 1.55. The molecule has 0 fully saturated rings. The van der Waals surface area contributed by atoms with Gasteiger partial charge < -0.3 is 14.2 Å². The van der Waals surface area contributed by atoms with E-state index in [1.165, 1.54) is 13.2 Å². The fourth-order valence-corrected chi connectivity index (χ4v) is 1.55. The summed E-state index contributed by atoms with van der Waals surface area (Å²) in [4.78, 5) is 11.7. The molecular weight excluding hydrogens is 263 g/mol. The Labute approximate surface area is 118 Å². The van der Waals surface area contributed by atoms with Crippen LogP contribution in [-0.4, -0.2) is 25.8 Å². The first kappa shape index (κ1) is 16.3. The third-order valence-electron chi connectivity index (χ3n) is 2.35. The summed E-state index contributed by atoms with van der Waals surface area (Å²) in [7, 11) is 1.24. The Morgan fingerprint density at radius 2 is 1.90 bits per heavy atom. The van der Waals surface area contributed by atoms with E-state index in [4.69, 9.17) is 9.47 Å². The van der Waals surface area contributed by atoms with Gasteiger partial charge in [0.1, 0.15) is 11.4 Å². The van der Waals surface area contributed by atoms with Gasteiger partial charge in [0.25, 0.3) is 0 Å². The lowest BCUT2D eigenvalue weighted by Crippen LogP contribution is -2.14. The molecule has 20 heavy (non-hydrogen) atoms. The van der Waals surface area contributed by atoms with Gasteiger partial charge in [-0.25, -0.2) is 9.18 Å². The molecule has 0 saturated heterocycles. The Kier molecular flexibility index (Phi) is 5.80. The van der Waals surface area contributed by atoms with Crippen LogP contribution < -0.4 is 9.47 Å². The first-order chi connectivity index (χ1) is 9.35. The summed E-state index contributed by atoms with van der Waals surface area (Å²) in [5.41, 5.74) is 0.0277. The van der Waals surface area contributed by atoms with Gasteiger partial charge in [0.05, 0.1) is 19.8 Å². The number of carbonyl (C=O) groups excluding carboxylic acids is 1. The lowest BCUT2D eigenvalue weighted by molar-refractivity contribution is 0.0592. The second kappa shape index (κ2) is 7.12.